The van der Waals surface area contributed by atoms with Crippen molar-refractivity contribution in [3.63, 3.8) is 0 Å². The smallest absolute Gasteiger partial charge is 0.224 e. The number of ether oxygens (including phenoxy) is 3. The summed E-state index contributed by atoms with van der Waals surface area (Å²) in [4.78, 5) is 17.8. The summed E-state index contributed by atoms with van der Waals surface area (Å²) >= 11 is 0. The number of carbonyl (C=O) groups excluding carboxylic acids is 1. The standard InChI is InChI=1S/C31H33N3O4.ClH/c1-36-23-13-8-20(9-14-23)10-17-30(35)32-21-11-15-27-25(18-21)31(24-6-4-5-7-26(24)34-27)33-22-12-16-28(37-2)29(19-22)38-3;/h8-9,11-16,18-19H,4-7,10,17H2,1-3H3,(H,32,35)(H,33,34);1H. The van der Waals surface area contributed by atoms with E-state index < -0.39 is 0 Å². The van der Waals surface area contributed by atoms with Gasteiger partial charge >= 0.3 is 0 Å². The monoisotopic (exact) mass is 547 g/mol. The number of halogens is 1. The molecule has 0 bridgehead atoms. The molecule has 0 saturated heterocycles. The molecule has 8 heteroatoms. The molecule has 2 N–H and O–H groups in total. The van der Waals surface area contributed by atoms with E-state index in [1.807, 2.05) is 60.7 Å². The fourth-order valence-electron chi connectivity index (χ4n) is 4.98. The Balaban J connectivity index is 0.00000353. The van der Waals surface area contributed by atoms with E-state index in [1.165, 1.54) is 5.56 Å². The van der Waals surface area contributed by atoms with Crippen molar-refractivity contribution in [2.75, 3.05) is 32.0 Å². The minimum Gasteiger partial charge on any atom is -0.497 e. The van der Waals surface area contributed by atoms with Crippen molar-refractivity contribution in [2.24, 2.45) is 0 Å². The molecule has 1 aromatic heterocycles. The van der Waals surface area contributed by atoms with Gasteiger partial charge in [0, 0.05) is 34.9 Å². The van der Waals surface area contributed by atoms with Crippen LogP contribution in [0.2, 0.25) is 0 Å². The Hall–Kier alpha value is -3.97. The first-order chi connectivity index (χ1) is 18.6. The molecule has 204 valence electrons. The number of carbonyl (C=O) groups is 1. The Morgan fingerprint density at radius 1 is 0.846 bits per heavy atom. The number of anilines is 3. The highest BCUT2D eigenvalue weighted by Crippen LogP contribution is 2.38. The third-order valence-corrected chi connectivity index (χ3v) is 7.00. The van der Waals surface area contributed by atoms with Crippen LogP contribution in [0.15, 0.2) is 60.7 Å². The number of benzene rings is 3. The molecule has 0 saturated carbocycles. The van der Waals surface area contributed by atoms with Gasteiger partial charge in [-0.1, -0.05) is 12.1 Å². The van der Waals surface area contributed by atoms with Gasteiger partial charge in [-0.2, -0.15) is 0 Å². The summed E-state index contributed by atoms with van der Waals surface area (Å²) in [7, 11) is 4.91. The average molecular weight is 548 g/mol. The molecule has 39 heavy (non-hydrogen) atoms. The van der Waals surface area contributed by atoms with Gasteiger partial charge < -0.3 is 24.8 Å². The van der Waals surface area contributed by atoms with Gasteiger partial charge in [0.15, 0.2) is 11.5 Å². The van der Waals surface area contributed by atoms with Crippen LogP contribution in [-0.4, -0.2) is 32.2 Å². The Morgan fingerprint density at radius 3 is 2.33 bits per heavy atom. The van der Waals surface area contributed by atoms with Gasteiger partial charge in [0.2, 0.25) is 5.91 Å². The highest BCUT2D eigenvalue weighted by atomic mass is 35.5. The van der Waals surface area contributed by atoms with E-state index in [9.17, 15) is 4.79 Å². The van der Waals surface area contributed by atoms with Crippen LogP contribution in [0, 0.1) is 0 Å². The van der Waals surface area contributed by atoms with Crippen molar-refractivity contribution < 1.29 is 19.0 Å². The Kier molecular flexibility index (Phi) is 9.15. The lowest BCUT2D eigenvalue weighted by Gasteiger charge is -2.22. The molecule has 4 aromatic rings. The molecule has 1 aliphatic carbocycles. The first-order valence-electron chi connectivity index (χ1n) is 13.0. The Morgan fingerprint density at radius 2 is 1.59 bits per heavy atom. The molecule has 1 heterocycles. The van der Waals surface area contributed by atoms with Crippen molar-refractivity contribution in [2.45, 2.75) is 38.5 Å². The zero-order chi connectivity index (χ0) is 26.5. The number of rotatable bonds is 9. The van der Waals surface area contributed by atoms with Gasteiger partial charge in [-0.3, -0.25) is 9.78 Å². The summed E-state index contributed by atoms with van der Waals surface area (Å²) in [5.41, 5.74) is 7.07. The van der Waals surface area contributed by atoms with Crippen molar-refractivity contribution in [1.82, 2.24) is 4.98 Å². The Labute approximate surface area is 235 Å². The maximum absolute atomic E-state index is 12.8. The van der Waals surface area contributed by atoms with Gasteiger partial charge in [0.1, 0.15) is 5.75 Å². The number of pyridine rings is 1. The molecule has 0 fully saturated rings. The van der Waals surface area contributed by atoms with Crippen molar-refractivity contribution in [3.8, 4) is 17.2 Å². The minimum atomic E-state index is -0.0273. The topological polar surface area (TPSA) is 81.7 Å². The van der Waals surface area contributed by atoms with Crippen LogP contribution < -0.4 is 24.8 Å². The Bertz CT molecular complexity index is 1460. The zero-order valence-corrected chi connectivity index (χ0v) is 23.3. The quantitative estimate of drug-likeness (QED) is 0.238. The lowest BCUT2D eigenvalue weighted by molar-refractivity contribution is -0.116. The molecule has 1 aliphatic rings. The van der Waals surface area contributed by atoms with Crippen LogP contribution in [0.5, 0.6) is 17.2 Å². The average Bonchev–Trinajstić information content (AvgIpc) is 2.96. The van der Waals surface area contributed by atoms with Crippen LogP contribution in [0.4, 0.5) is 17.1 Å². The van der Waals surface area contributed by atoms with Gasteiger partial charge in [0.05, 0.1) is 32.5 Å². The molecule has 5 rings (SSSR count). The minimum absolute atomic E-state index is 0. The number of nitrogens with one attached hydrogen (secondary N) is 2. The molecule has 0 unspecified atom stereocenters. The predicted octanol–water partition coefficient (Wildman–Crippen LogP) is 6.88. The number of hydrogen-bond donors (Lipinski definition) is 2. The fraction of sp³-hybridized carbons (Fsp3) is 0.290. The van der Waals surface area contributed by atoms with Gasteiger partial charge in [0.25, 0.3) is 0 Å². The van der Waals surface area contributed by atoms with E-state index in [1.54, 1.807) is 21.3 Å². The number of methoxy groups -OCH3 is 3. The second-order valence-corrected chi connectivity index (χ2v) is 9.44. The summed E-state index contributed by atoms with van der Waals surface area (Å²) in [5, 5.41) is 7.69. The first kappa shape index (κ1) is 28.0. The first-order valence-corrected chi connectivity index (χ1v) is 13.0. The molecule has 3 aromatic carbocycles. The summed E-state index contributed by atoms with van der Waals surface area (Å²) in [6.07, 6.45) is 5.25. The lowest BCUT2D eigenvalue weighted by Crippen LogP contribution is -2.13. The third kappa shape index (κ3) is 6.37. The summed E-state index contributed by atoms with van der Waals surface area (Å²) in [5.74, 6) is 2.12. The van der Waals surface area contributed by atoms with Crippen LogP contribution in [0.1, 0.15) is 36.1 Å². The third-order valence-electron chi connectivity index (χ3n) is 7.00. The van der Waals surface area contributed by atoms with Crippen LogP contribution >= 0.6 is 12.4 Å². The van der Waals surface area contributed by atoms with E-state index in [2.05, 4.69) is 10.6 Å². The molecule has 1 amide bonds. The second-order valence-electron chi connectivity index (χ2n) is 9.44. The highest BCUT2D eigenvalue weighted by Gasteiger charge is 2.19. The number of aryl methyl sites for hydroxylation is 2. The van der Waals surface area contributed by atoms with E-state index in [0.29, 0.717) is 24.3 Å². The fourth-order valence-corrected chi connectivity index (χ4v) is 4.98. The molecule has 0 radical (unpaired) electrons. The SMILES string of the molecule is COc1ccc(CCC(=O)Nc2ccc3nc4c(c(Nc5ccc(OC)c(OC)c5)c3c2)CCCC4)cc1.Cl. The van der Waals surface area contributed by atoms with Crippen LogP contribution in [-0.2, 0) is 24.1 Å². The van der Waals surface area contributed by atoms with E-state index >= 15 is 0 Å². The van der Waals surface area contributed by atoms with E-state index in [0.717, 1.165) is 70.7 Å². The van der Waals surface area contributed by atoms with Gasteiger partial charge in [-0.25, -0.2) is 0 Å². The maximum atomic E-state index is 12.8. The van der Waals surface area contributed by atoms with Gasteiger partial charge in [-0.05, 0) is 85.7 Å². The van der Waals surface area contributed by atoms with Crippen molar-refractivity contribution in [3.05, 3.63) is 77.5 Å². The highest BCUT2D eigenvalue weighted by molar-refractivity contribution is 6.00. The summed E-state index contributed by atoms with van der Waals surface area (Å²) in [6, 6.07) is 19.6. The van der Waals surface area contributed by atoms with E-state index in [4.69, 9.17) is 19.2 Å². The number of nitrogens with zero attached hydrogens (tertiary/aromatic N) is 1. The van der Waals surface area contributed by atoms with Crippen molar-refractivity contribution in [1.29, 1.82) is 0 Å². The molecule has 0 atom stereocenters. The van der Waals surface area contributed by atoms with Crippen LogP contribution in [0.3, 0.4) is 0 Å². The van der Waals surface area contributed by atoms with E-state index in [-0.39, 0.29) is 18.3 Å². The molecular weight excluding hydrogens is 514 g/mol. The van der Waals surface area contributed by atoms with Crippen LogP contribution in [0.25, 0.3) is 10.9 Å². The second kappa shape index (κ2) is 12.7. The normalized spacial score (nSPS) is 12.2. The molecular formula is C31H34ClN3O4. The number of amides is 1. The zero-order valence-electron chi connectivity index (χ0n) is 22.5. The predicted molar refractivity (Wildman–Crippen MR) is 158 cm³/mol. The lowest BCUT2D eigenvalue weighted by atomic mass is 9.92. The van der Waals surface area contributed by atoms with Crippen molar-refractivity contribution >= 4 is 46.3 Å². The molecule has 7 nitrogen and oxygen atoms in total. The number of aromatic nitrogens is 1. The van der Waals surface area contributed by atoms with Gasteiger partial charge in [-0.15, -0.1) is 12.4 Å². The summed E-state index contributed by atoms with van der Waals surface area (Å²) in [6.45, 7) is 0. The molecule has 0 aliphatic heterocycles. The molecule has 0 spiro atoms. The summed E-state index contributed by atoms with van der Waals surface area (Å²) < 4.78 is 16.1. The number of fused-ring (bicyclic) bond motifs is 2. The largest absolute Gasteiger partial charge is 0.497 e. The number of hydrogen-bond acceptors (Lipinski definition) is 6. The maximum Gasteiger partial charge on any atom is 0.224 e.